The van der Waals surface area contributed by atoms with Gasteiger partial charge in [-0.2, -0.15) is 0 Å². The van der Waals surface area contributed by atoms with Crippen molar-refractivity contribution >= 4 is 5.78 Å². The van der Waals surface area contributed by atoms with Gasteiger partial charge in [-0.1, -0.05) is 57.5 Å². The second kappa shape index (κ2) is 7.03. The molecule has 2 nitrogen and oxygen atoms in total. The number of carbonyl (C=O) groups excluding carboxylic acids is 1. The lowest BCUT2D eigenvalue weighted by molar-refractivity contribution is -0.0309. The zero-order valence-corrected chi connectivity index (χ0v) is 12.8. The summed E-state index contributed by atoms with van der Waals surface area (Å²) in [5.74, 6) is 2.02. The third-order valence-electron chi connectivity index (χ3n) is 4.49. The number of ether oxygens (including phenoxy) is 1. The van der Waals surface area contributed by atoms with Gasteiger partial charge < -0.3 is 4.74 Å². The molecular weight excluding hydrogens is 248 g/mol. The lowest BCUT2D eigenvalue weighted by atomic mass is 9.75. The van der Waals surface area contributed by atoms with Crippen molar-refractivity contribution in [3.05, 3.63) is 35.9 Å². The highest BCUT2D eigenvalue weighted by Crippen LogP contribution is 2.35. The van der Waals surface area contributed by atoms with Crippen molar-refractivity contribution < 1.29 is 9.53 Å². The Kier molecular flexibility index (Phi) is 5.36. The number of hydrogen-bond donors (Lipinski definition) is 0. The third-order valence-corrected chi connectivity index (χ3v) is 4.49. The molecule has 0 aromatic heterocycles. The third kappa shape index (κ3) is 3.92. The Morgan fingerprint density at radius 2 is 1.95 bits per heavy atom. The van der Waals surface area contributed by atoms with Gasteiger partial charge in [-0.25, -0.2) is 0 Å². The van der Waals surface area contributed by atoms with E-state index in [1.165, 1.54) is 12.8 Å². The average molecular weight is 274 g/mol. The SMILES string of the molecule is CC(C)[C@@H]1CC[C@@H](C)C[C@H]1OCC(=O)c1ccccc1. The zero-order valence-electron chi connectivity index (χ0n) is 12.8. The Balaban J connectivity index is 1.92. The number of rotatable bonds is 5. The predicted molar refractivity (Wildman–Crippen MR) is 81.9 cm³/mol. The van der Waals surface area contributed by atoms with E-state index >= 15 is 0 Å². The Labute approximate surface area is 122 Å². The van der Waals surface area contributed by atoms with Gasteiger partial charge in [0.1, 0.15) is 6.61 Å². The first kappa shape index (κ1) is 15.2. The molecule has 0 spiro atoms. The normalized spacial score (nSPS) is 26.7. The molecule has 3 atom stereocenters. The summed E-state index contributed by atoms with van der Waals surface area (Å²) in [6.45, 7) is 7.02. The standard InChI is InChI=1S/C18H26O2/c1-13(2)16-10-9-14(3)11-18(16)20-12-17(19)15-7-5-4-6-8-15/h4-8,13-14,16,18H,9-12H2,1-3H3/t14-,16+,18-/m1/s1. The summed E-state index contributed by atoms with van der Waals surface area (Å²) in [5, 5.41) is 0. The molecule has 110 valence electrons. The molecule has 1 saturated carbocycles. The van der Waals surface area contributed by atoms with Crippen LogP contribution in [-0.2, 0) is 4.74 Å². The van der Waals surface area contributed by atoms with Crippen LogP contribution in [0.3, 0.4) is 0 Å². The minimum absolute atomic E-state index is 0.0892. The summed E-state index contributed by atoms with van der Waals surface area (Å²) >= 11 is 0. The van der Waals surface area contributed by atoms with E-state index in [9.17, 15) is 4.79 Å². The van der Waals surface area contributed by atoms with E-state index in [2.05, 4.69) is 20.8 Å². The second-order valence-electron chi connectivity index (χ2n) is 6.46. The van der Waals surface area contributed by atoms with E-state index in [0.29, 0.717) is 17.8 Å². The molecule has 0 saturated heterocycles. The molecule has 1 aliphatic rings. The van der Waals surface area contributed by atoms with Gasteiger partial charge in [-0.3, -0.25) is 4.79 Å². The van der Waals surface area contributed by atoms with E-state index in [4.69, 9.17) is 4.74 Å². The van der Waals surface area contributed by atoms with E-state index < -0.39 is 0 Å². The molecule has 1 fully saturated rings. The zero-order chi connectivity index (χ0) is 14.5. The maximum Gasteiger partial charge on any atom is 0.188 e. The fraction of sp³-hybridized carbons (Fsp3) is 0.611. The van der Waals surface area contributed by atoms with Crippen molar-refractivity contribution in [3.8, 4) is 0 Å². The first-order valence-electron chi connectivity index (χ1n) is 7.77. The maximum atomic E-state index is 12.1. The molecule has 0 radical (unpaired) electrons. The second-order valence-corrected chi connectivity index (χ2v) is 6.46. The summed E-state index contributed by atoms with van der Waals surface area (Å²) in [6, 6.07) is 9.43. The highest BCUT2D eigenvalue weighted by atomic mass is 16.5. The summed E-state index contributed by atoms with van der Waals surface area (Å²) in [4.78, 5) is 12.1. The lowest BCUT2D eigenvalue weighted by Gasteiger charge is -2.37. The molecule has 1 aromatic carbocycles. The average Bonchev–Trinajstić information content (AvgIpc) is 2.45. The van der Waals surface area contributed by atoms with Crippen LogP contribution in [0.4, 0.5) is 0 Å². The fourth-order valence-corrected chi connectivity index (χ4v) is 3.20. The van der Waals surface area contributed by atoms with Crippen molar-refractivity contribution in [1.82, 2.24) is 0 Å². The number of carbonyl (C=O) groups is 1. The van der Waals surface area contributed by atoms with Crippen LogP contribution in [0.1, 0.15) is 50.4 Å². The van der Waals surface area contributed by atoms with Crippen molar-refractivity contribution in [1.29, 1.82) is 0 Å². The van der Waals surface area contributed by atoms with Crippen molar-refractivity contribution in [2.45, 2.75) is 46.1 Å². The van der Waals surface area contributed by atoms with Crippen molar-refractivity contribution in [2.24, 2.45) is 17.8 Å². The first-order chi connectivity index (χ1) is 9.58. The predicted octanol–water partition coefficient (Wildman–Crippen LogP) is 4.35. The van der Waals surface area contributed by atoms with Gasteiger partial charge in [-0.05, 0) is 30.6 Å². The lowest BCUT2D eigenvalue weighted by Crippen LogP contribution is -2.35. The van der Waals surface area contributed by atoms with Gasteiger partial charge in [0.2, 0.25) is 0 Å². The molecule has 20 heavy (non-hydrogen) atoms. The Morgan fingerprint density at radius 3 is 2.60 bits per heavy atom. The summed E-state index contributed by atoms with van der Waals surface area (Å²) in [5.41, 5.74) is 0.748. The molecule has 0 amide bonds. The van der Waals surface area contributed by atoms with Gasteiger partial charge in [-0.15, -0.1) is 0 Å². The molecule has 2 rings (SSSR count). The Hall–Kier alpha value is -1.15. The highest BCUT2D eigenvalue weighted by molar-refractivity contribution is 5.97. The molecule has 0 N–H and O–H groups in total. The summed E-state index contributed by atoms with van der Waals surface area (Å²) in [7, 11) is 0. The smallest absolute Gasteiger partial charge is 0.188 e. The molecular formula is C18H26O2. The largest absolute Gasteiger partial charge is 0.370 e. The van der Waals surface area contributed by atoms with Crippen LogP contribution in [0.5, 0.6) is 0 Å². The minimum atomic E-state index is 0.0892. The maximum absolute atomic E-state index is 12.1. The van der Waals surface area contributed by atoms with Gasteiger partial charge in [0.25, 0.3) is 0 Å². The molecule has 1 aromatic rings. The van der Waals surface area contributed by atoms with Crippen LogP contribution >= 0.6 is 0 Å². The van der Waals surface area contributed by atoms with E-state index in [1.54, 1.807) is 0 Å². The van der Waals surface area contributed by atoms with E-state index in [1.807, 2.05) is 30.3 Å². The van der Waals surface area contributed by atoms with Crippen LogP contribution in [-0.4, -0.2) is 18.5 Å². The number of benzene rings is 1. The highest BCUT2D eigenvalue weighted by Gasteiger charge is 2.31. The van der Waals surface area contributed by atoms with Crippen LogP contribution < -0.4 is 0 Å². The molecule has 0 unspecified atom stereocenters. The van der Waals surface area contributed by atoms with Crippen molar-refractivity contribution in [2.75, 3.05) is 6.61 Å². The fourth-order valence-electron chi connectivity index (χ4n) is 3.20. The van der Waals surface area contributed by atoms with E-state index in [-0.39, 0.29) is 18.5 Å². The van der Waals surface area contributed by atoms with Gasteiger partial charge in [0.05, 0.1) is 6.10 Å². The van der Waals surface area contributed by atoms with Crippen LogP contribution in [0.15, 0.2) is 30.3 Å². The quantitative estimate of drug-likeness (QED) is 0.746. The van der Waals surface area contributed by atoms with Crippen molar-refractivity contribution in [3.63, 3.8) is 0 Å². The van der Waals surface area contributed by atoms with Gasteiger partial charge in [0, 0.05) is 5.56 Å². The van der Waals surface area contributed by atoms with Crippen LogP contribution in [0.2, 0.25) is 0 Å². The number of hydrogen-bond acceptors (Lipinski definition) is 2. The first-order valence-corrected chi connectivity index (χ1v) is 7.77. The topological polar surface area (TPSA) is 26.3 Å². The minimum Gasteiger partial charge on any atom is -0.370 e. The molecule has 0 aliphatic heterocycles. The Morgan fingerprint density at radius 1 is 1.25 bits per heavy atom. The van der Waals surface area contributed by atoms with E-state index in [0.717, 1.165) is 12.0 Å². The van der Waals surface area contributed by atoms with Crippen LogP contribution in [0.25, 0.3) is 0 Å². The van der Waals surface area contributed by atoms with Gasteiger partial charge >= 0.3 is 0 Å². The number of Topliss-reactive ketones (excluding diaryl/α,β-unsaturated/α-hetero) is 1. The molecule has 0 heterocycles. The molecule has 1 aliphatic carbocycles. The molecule has 0 bridgehead atoms. The summed E-state index contributed by atoms with van der Waals surface area (Å²) in [6.07, 6.45) is 3.84. The Bertz CT molecular complexity index is 424. The number of ketones is 1. The van der Waals surface area contributed by atoms with Crippen LogP contribution in [0, 0.1) is 17.8 Å². The van der Waals surface area contributed by atoms with Gasteiger partial charge in [0.15, 0.2) is 5.78 Å². The monoisotopic (exact) mass is 274 g/mol. The summed E-state index contributed by atoms with van der Waals surface area (Å²) < 4.78 is 5.99. The molecule has 2 heteroatoms.